The second kappa shape index (κ2) is 5.36. The van der Waals surface area contributed by atoms with Crippen LogP contribution in [0.1, 0.15) is 18.4 Å². The summed E-state index contributed by atoms with van der Waals surface area (Å²) in [6.45, 7) is 1.67. The molecule has 0 aliphatic heterocycles. The van der Waals surface area contributed by atoms with Crippen LogP contribution in [0.5, 0.6) is 0 Å². The minimum Gasteiger partial charge on any atom is -0.376 e. The summed E-state index contributed by atoms with van der Waals surface area (Å²) in [7, 11) is 0. The summed E-state index contributed by atoms with van der Waals surface area (Å²) in [5.41, 5.74) is 3.79. The van der Waals surface area contributed by atoms with E-state index in [-0.39, 0.29) is 0 Å². The third-order valence-corrected chi connectivity index (χ3v) is 3.38. The first kappa shape index (κ1) is 11.5. The molecule has 1 heteroatoms. The van der Waals surface area contributed by atoms with Gasteiger partial charge in [-0.15, -0.1) is 0 Å². The van der Waals surface area contributed by atoms with Gasteiger partial charge in [-0.3, -0.25) is 0 Å². The van der Waals surface area contributed by atoms with Crippen LogP contribution in [-0.2, 0) is 11.3 Å². The van der Waals surface area contributed by atoms with Crippen molar-refractivity contribution in [3.63, 3.8) is 0 Å². The minimum atomic E-state index is 0.742. The molecule has 0 heterocycles. The Hall–Kier alpha value is -1.60. The van der Waals surface area contributed by atoms with Gasteiger partial charge in [-0.1, -0.05) is 54.6 Å². The molecule has 0 radical (unpaired) electrons. The van der Waals surface area contributed by atoms with Crippen molar-refractivity contribution in [1.29, 1.82) is 0 Å². The molecular weight excluding hydrogens is 220 g/mol. The molecule has 1 nitrogen and oxygen atoms in total. The average Bonchev–Trinajstić information content (AvgIpc) is 3.25. The molecular formula is C17H18O. The van der Waals surface area contributed by atoms with Gasteiger partial charge in [0.1, 0.15) is 0 Å². The second-order valence-corrected chi connectivity index (χ2v) is 5.02. The van der Waals surface area contributed by atoms with Gasteiger partial charge in [0, 0.05) is 6.61 Å². The summed E-state index contributed by atoms with van der Waals surface area (Å²) in [6.07, 6.45) is 2.71. The van der Waals surface area contributed by atoms with Crippen molar-refractivity contribution in [2.45, 2.75) is 19.4 Å². The monoisotopic (exact) mass is 238 g/mol. The Bertz CT molecular complexity index is 483. The highest BCUT2D eigenvalue weighted by molar-refractivity contribution is 5.63. The molecule has 0 N–H and O–H groups in total. The lowest BCUT2D eigenvalue weighted by Crippen LogP contribution is -1.96. The van der Waals surface area contributed by atoms with Crippen LogP contribution in [0.25, 0.3) is 11.1 Å². The van der Waals surface area contributed by atoms with Gasteiger partial charge < -0.3 is 4.74 Å². The molecule has 0 bridgehead atoms. The maximum Gasteiger partial charge on any atom is 0.0717 e. The number of hydrogen-bond donors (Lipinski definition) is 0. The molecule has 0 amide bonds. The van der Waals surface area contributed by atoms with Gasteiger partial charge in [0.25, 0.3) is 0 Å². The minimum absolute atomic E-state index is 0.742. The summed E-state index contributed by atoms with van der Waals surface area (Å²) in [6, 6.07) is 19.1. The summed E-state index contributed by atoms with van der Waals surface area (Å²) < 4.78 is 5.69. The molecule has 1 saturated carbocycles. The lowest BCUT2D eigenvalue weighted by atomic mass is 10.0. The van der Waals surface area contributed by atoms with Gasteiger partial charge in [0.15, 0.2) is 0 Å². The molecule has 92 valence electrons. The van der Waals surface area contributed by atoms with Gasteiger partial charge in [-0.25, -0.2) is 0 Å². The zero-order valence-electron chi connectivity index (χ0n) is 10.5. The van der Waals surface area contributed by atoms with E-state index in [1.807, 2.05) is 6.07 Å². The van der Waals surface area contributed by atoms with Gasteiger partial charge >= 0.3 is 0 Å². The molecule has 2 aromatic carbocycles. The van der Waals surface area contributed by atoms with Crippen LogP contribution < -0.4 is 0 Å². The molecule has 0 aromatic heterocycles. The zero-order valence-corrected chi connectivity index (χ0v) is 10.5. The first-order valence-electron chi connectivity index (χ1n) is 6.64. The van der Waals surface area contributed by atoms with Crippen molar-refractivity contribution in [2.75, 3.05) is 6.61 Å². The van der Waals surface area contributed by atoms with E-state index in [2.05, 4.69) is 48.5 Å². The highest BCUT2D eigenvalue weighted by Gasteiger charge is 2.20. The molecule has 3 rings (SSSR count). The summed E-state index contributed by atoms with van der Waals surface area (Å²) >= 11 is 0. The van der Waals surface area contributed by atoms with Crippen molar-refractivity contribution < 1.29 is 4.74 Å². The molecule has 2 aromatic rings. The fourth-order valence-corrected chi connectivity index (χ4v) is 2.05. The van der Waals surface area contributed by atoms with E-state index in [0.29, 0.717) is 0 Å². The van der Waals surface area contributed by atoms with Crippen molar-refractivity contribution in [2.24, 2.45) is 5.92 Å². The lowest BCUT2D eigenvalue weighted by Gasteiger charge is -2.05. The first-order chi connectivity index (χ1) is 8.92. The van der Waals surface area contributed by atoms with Crippen LogP contribution in [0.4, 0.5) is 0 Å². The Morgan fingerprint density at radius 2 is 1.50 bits per heavy atom. The van der Waals surface area contributed by atoms with Crippen LogP contribution in [0.3, 0.4) is 0 Å². The summed E-state index contributed by atoms with van der Waals surface area (Å²) in [5, 5.41) is 0. The largest absolute Gasteiger partial charge is 0.376 e. The van der Waals surface area contributed by atoms with E-state index in [0.717, 1.165) is 19.1 Å². The summed E-state index contributed by atoms with van der Waals surface area (Å²) in [4.78, 5) is 0. The van der Waals surface area contributed by atoms with Crippen molar-refractivity contribution in [1.82, 2.24) is 0 Å². The Morgan fingerprint density at radius 1 is 0.833 bits per heavy atom. The number of rotatable bonds is 5. The molecule has 0 saturated heterocycles. The van der Waals surface area contributed by atoms with E-state index in [4.69, 9.17) is 4.74 Å². The van der Waals surface area contributed by atoms with Gasteiger partial charge in [-0.05, 0) is 35.4 Å². The van der Waals surface area contributed by atoms with E-state index in [1.165, 1.54) is 29.5 Å². The maximum absolute atomic E-state index is 5.69. The van der Waals surface area contributed by atoms with Gasteiger partial charge in [0.2, 0.25) is 0 Å². The summed E-state index contributed by atoms with van der Waals surface area (Å²) in [5.74, 6) is 0.841. The lowest BCUT2D eigenvalue weighted by molar-refractivity contribution is 0.111. The standard InChI is InChI=1S/C17H18O/c1-2-4-16(5-3-1)17-10-8-15(9-11-17)13-18-12-14-6-7-14/h1-5,8-11,14H,6-7,12-13H2. The van der Waals surface area contributed by atoms with Crippen molar-refractivity contribution in [3.05, 3.63) is 60.2 Å². The van der Waals surface area contributed by atoms with Crippen molar-refractivity contribution >= 4 is 0 Å². The first-order valence-corrected chi connectivity index (χ1v) is 6.64. The highest BCUT2D eigenvalue weighted by Crippen LogP contribution is 2.29. The SMILES string of the molecule is c1ccc(-c2ccc(COCC3CC3)cc2)cc1. The van der Waals surface area contributed by atoms with Crippen LogP contribution in [0, 0.1) is 5.92 Å². The second-order valence-electron chi connectivity index (χ2n) is 5.02. The molecule has 1 fully saturated rings. The van der Waals surface area contributed by atoms with E-state index in [9.17, 15) is 0 Å². The predicted molar refractivity (Wildman–Crippen MR) is 74.3 cm³/mol. The number of hydrogen-bond acceptors (Lipinski definition) is 1. The van der Waals surface area contributed by atoms with E-state index >= 15 is 0 Å². The number of benzene rings is 2. The normalized spacial score (nSPS) is 14.7. The third-order valence-electron chi connectivity index (χ3n) is 3.38. The molecule has 0 spiro atoms. The zero-order chi connectivity index (χ0) is 12.2. The number of ether oxygens (including phenoxy) is 1. The molecule has 1 aliphatic rings. The van der Waals surface area contributed by atoms with Crippen LogP contribution >= 0.6 is 0 Å². The van der Waals surface area contributed by atoms with E-state index in [1.54, 1.807) is 0 Å². The fourth-order valence-electron chi connectivity index (χ4n) is 2.05. The maximum atomic E-state index is 5.69. The highest BCUT2D eigenvalue weighted by atomic mass is 16.5. The predicted octanol–water partition coefficient (Wildman–Crippen LogP) is 4.28. The molecule has 1 aliphatic carbocycles. The van der Waals surface area contributed by atoms with Gasteiger partial charge in [-0.2, -0.15) is 0 Å². The quantitative estimate of drug-likeness (QED) is 0.755. The Balaban J connectivity index is 1.61. The van der Waals surface area contributed by atoms with Crippen molar-refractivity contribution in [3.8, 4) is 11.1 Å². The average molecular weight is 238 g/mol. The topological polar surface area (TPSA) is 9.23 Å². The molecule has 0 unspecified atom stereocenters. The smallest absolute Gasteiger partial charge is 0.0717 e. The molecule has 0 atom stereocenters. The van der Waals surface area contributed by atoms with Crippen LogP contribution in [-0.4, -0.2) is 6.61 Å². The van der Waals surface area contributed by atoms with Gasteiger partial charge in [0.05, 0.1) is 6.61 Å². The third kappa shape index (κ3) is 2.99. The van der Waals surface area contributed by atoms with Crippen LogP contribution in [0.2, 0.25) is 0 Å². The molecule has 18 heavy (non-hydrogen) atoms. The Labute approximate surface area is 108 Å². The Morgan fingerprint density at radius 3 is 2.17 bits per heavy atom. The van der Waals surface area contributed by atoms with E-state index < -0.39 is 0 Å². The Kier molecular flexibility index (Phi) is 3.42. The fraction of sp³-hybridized carbons (Fsp3) is 0.294. The van der Waals surface area contributed by atoms with Crippen LogP contribution in [0.15, 0.2) is 54.6 Å².